The lowest BCUT2D eigenvalue weighted by atomic mass is 10.0. The quantitative estimate of drug-likeness (QED) is 0.0245. The van der Waals surface area contributed by atoms with Gasteiger partial charge < -0.3 is 20.3 Å². The van der Waals surface area contributed by atoms with Crippen LogP contribution in [-0.2, 0) is 14.3 Å². The number of aliphatic hydroxyl groups is 2. The molecule has 0 aromatic carbocycles. The topological polar surface area (TPSA) is 95.9 Å². The summed E-state index contributed by atoms with van der Waals surface area (Å²) < 4.78 is 5.93. The van der Waals surface area contributed by atoms with E-state index in [-0.39, 0.29) is 24.9 Å². The summed E-state index contributed by atoms with van der Waals surface area (Å²) in [4.78, 5) is 26.2. The molecule has 0 saturated heterocycles. The third-order valence-corrected chi connectivity index (χ3v) is 11.6. The van der Waals surface area contributed by atoms with Crippen LogP contribution in [0.5, 0.6) is 0 Å². The van der Waals surface area contributed by atoms with E-state index in [4.69, 9.17) is 4.74 Å². The van der Waals surface area contributed by atoms with Gasteiger partial charge in [-0.3, -0.25) is 9.59 Å². The van der Waals surface area contributed by atoms with Crippen molar-refractivity contribution in [2.75, 3.05) is 6.61 Å². The standard InChI is InChI=1S/C56H99NO5/c1-4-7-10-13-16-19-22-24-26-27-29-30-33-35-38-41-44-47-52(62-56(61)49-46-43-40-37-34-31-28-25-23-20-17-14-11-8-5-2)50-55(60)57-53(51-58)54(59)48-45-42-39-36-32-21-18-15-12-9-6-3/h8,11,14,16-17,19-20,23-26,28,52-54,58-59H,4-7,9-10,12-13,15,18,21-22,27,29-51H2,1-3H3,(H,57,60)/b11-8+,17-14+,19-16-,23-20+,26-24-,28-25-. The molecule has 358 valence electrons. The SMILES string of the molecule is CC/C=C/C=C/C=C/C=C\CCCCCCCC(=O)OC(CCCCCCCCC/C=C\C/C=C\CCCCC)CC(=O)NC(CO)C(O)CCCCCCCCCCCCC. The van der Waals surface area contributed by atoms with E-state index >= 15 is 0 Å². The molecule has 0 saturated carbocycles. The Hall–Kier alpha value is -2.70. The third kappa shape index (κ3) is 43.9. The zero-order chi connectivity index (χ0) is 45.2. The normalized spacial score (nSPS) is 13.8. The van der Waals surface area contributed by atoms with Gasteiger partial charge in [-0.1, -0.05) is 229 Å². The maximum atomic E-state index is 13.2. The summed E-state index contributed by atoms with van der Waals surface area (Å²) in [5.74, 6) is -0.508. The van der Waals surface area contributed by atoms with Gasteiger partial charge in [-0.15, -0.1) is 0 Å². The molecule has 1 amide bonds. The number of ether oxygens (including phenoxy) is 1. The molecule has 0 aliphatic heterocycles. The Labute approximate surface area is 383 Å². The number of rotatable bonds is 46. The largest absolute Gasteiger partial charge is 0.462 e. The number of esters is 1. The summed E-state index contributed by atoms with van der Waals surface area (Å²) in [5, 5.41) is 23.8. The first kappa shape index (κ1) is 59.3. The lowest BCUT2D eigenvalue weighted by molar-refractivity contribution is -0.151. The maximum Gasteiger partial charge on any atom is 0.306 e. The molecule has 0 bridgehead atoms. The van der Waals surface area contributed by atoms with Crippen molar-refractivity contribution in [3.63, 3.8) is 0 Å². The van der Waals surface area contributed by atoms with Crippen LogP contribution in [-0.4, -0.2) is 46.9 Å². The van der Waals surface area contributed by atoms with Crippen LogP contribution in [0.2, 0.25) is 0 Å². The van der Waals surface area contributed by atoms with E-state index in [0.29, 0.717) is 19.3 Å². The molecule has 6 nitrogen and oxygen atoms in total. The minimum Gasteiger partial charge on any atom is -0.462 e. The predicted octanol–water partition coefficient (Wildman–Crippen LogP) is 15.8. The van der Waals surface area contributed by atoms with Gasteiger partial charge >= 0.3 is 5.97 Å². The summed E-state index contributed by atoms with van der Waals surface area (Å²) in [6.45, 7) is 6.31. The third-order valence-electron chi connectivity index (χ3n) is 11.6. The van der Waals surface area contributed by atoms with Gasteiger partial charge in [0.25, 0.3) is 0 Å². The first-order valence-electron chi connectivity index (χ1n) is 26.2. The smallest absolute Gasteiger partial charge is 0.306 e. The Balaban J connectivity index is 4.65. The van der Waals surface area contributed by atoms with Crippen LogP contribution in [0.15, 0.2) is 72.9 Å². The number of amides is 1. The molecule has 3 atom stereocenters. The van der Waals surface area contributed by atoms with Crippen LogP contribution in [0, 0.1) is 0 Å². The number of carbonyl (C=O) groups is 2. The summed E-state index contributed by atoms with van der Waals surface area (Å²) in [6, 6.07) is -0.711. The molecule has 3 unspecified atom stereocenters. The lowest BCUT2D eigenvalue weighted by Crippen LogP contribution is -2.46. The van der Waals surface area contributed by atoms with Gasteiger partial charge in [0.2, 0.25) is 5.91 Å². The molecule has 6 heteroatoms. The van der Waals surface area contributed by atoms with E-state index in [1.54, 1.807) is 0 Å². The Kier molecular flexibility index (Phi) is 47.2. The number of carbonyl (C=O) groups excluding carboxylic acids is 2. The molecule has 0 spiro atoms. The van der Waals surface area contributed by atoms with E-state index in [1.807, 2.05) is 18.2 Å². The maximum absolute atomic E-state index is 13.2. The average molecular weight is 866 g/mol. The van der Waals surface area contributed by atoms with Gasteiger partial charge in [0.15, 0.2) is 0 Å². The van der Waals surface area contributed by atoms with E-state index in [2.05, 4.69) is 80.8 Å². The number of unbranched alkanes of at least 4 members (excludes halogenated alkanes) is 25. The summed E-state index contributed by atoms with van der Waals surface area (Å²) >= 11 is 0. The van der Waals surface area contributed by atoms with Crippen LogP contribution in [0.1, 0.15) is 245 Å². The highest BCUT2D eigenvalue weighted by Gasteiger charge is 2.24. The predicted molar refractivity (Wildman–Crippen MR) is 268 cm³/mol. The molecule has 0 rings (SSSR count). The summed E-state index contributed by atoms with van der Waals surface area (Å²) in [6.07, 6.45) is 62.4. The van der Waals surface area contributed by atoms with Crippen LogP contribution in [0.25, 0.3) is 0 Å². The van der Waals surface area contributed by atoms with Gasteiger partial charge in [0.05, 0.1) is 25.2 Å². The van der Waals surface area contributed by atoms with Crippen molar-refractivity contribution in [3.05, 3.63) is 72.9 Å². The fourth-order valence-corrected chi connectivity index (χ4v) is 7.65. The minimum atomic E-state index is -0.796. The second-order valence-electron chi connectivity index (χ2n) is 17.6. The van der Waals surface area contributed by atoms with Crippen molar-refractivity contribution in [1.29, 1.82) is 0 Å². The Morgan fingerprint density at radius 1 is 0.500 bits per heavy atom. The second-order valence-corrected chi connectivity index (χ2v) is 17.6. The van der Waals surface area contributed by atoms with Crippen molar-refractivity contribution in [2.45, 2.75) is 264 Å². The molecule has 0 fully saturated rings. The zero-order valence-corrected chi connectivity index (χ0v) is 40.7. The molecule has 0 radical (unpaired) electrons. The highest BCUT2D eigenvalue weighted by molar-refractivity contribution is 5.77. The highest BCUT2D eigenvalue weighted by atomic mass is 16.5. The van der Waals surface area contributed by atoms with Crippen molar-refractivity contribution in [3.8, 4) is 0 Å². The highest BCUT2D eigenvalue weighted by Crippen LogP contribution is 2.18. The Morgan fingerprint density at radius 3 is 1.48 bits per heavy atom. The van der Waals surface area contributed by atoms with Gasteiger partial charge in [0, 0.05) is 6.42 Å². The van der Waals surface area contributed by atoms with E-state index in [0.717, 1.165) is 96.3 Å². The average Bonchev–Trinajstić information content (AvgIpc) is 3.26. The van der Waals surface area contributed by atoms with E-state index in [9.17, 15) is 19.8 Å². The Bertz CT molecular complexity index is 1150. The van der Waals surface area contributed by atoms with Crippen molar-refractivity contribution >= 4 is 11.9 Å². The van der Waals surface area contributed by atoms with Crippen molar-refractivity contribution in [1.82, 2.24) is 5.32 Å². The molecule has 3 N–H and O–H groups in total. The number of hydrogen-bond donors (Lipinski definition) is 3. The van der Waals surface area contributed by atoms with Gasteiger partial charge in [-0.05, 0) is 77.0 Å². The van der Waals surface area contributed by atoms with Crippen LogP contribution >= 0.6 is 0 Å². The lowest BCUT2D eigenvalue weighted by Gasteiger charge is -2.24. The second kappa shape index (κ2) is 49.3. The molecule has 0 aliphatic rings. The van der Waals surface area contributed by atoms with Crippen molar-refractivity contribution in [2.24, 2.45) is 0 Å². The van der Waals surface area contributed by atoms with E-state index in [1.165, 1.54) is 103 Å². The minimum absolute atomic E-state index is 0.0600. The number of nitrogens with one attached hydrogen (secondary N) is 1. The summed E-state index contributed by atoms with van der Waals surface area (Å²) in [5.41, 5.74) is 0. The van der Waals surface area contributed by atoms with Crippen molar-refractivity contribution < 1.29 is 24.5 Å². The molecule has 62 heavy (non-hydrogen) atoms. The number of hydrogen-bond acceptors (Lipinski definition) is 5. The molecular formula is C56H99NO5. The molecule has 0 aliphatic carbocycles. The Morgan fingerprint density at radius 2 is 0.935 bits per heavy atom. The van der Waals surface area contributed by atoms with Crippen LogP contribution < -0.4 is 5.32 Å². The van der Waals surface area contributed by atoms with Gasteiger partial charge in [0.1, 0.15) is 6.10 Å². The molecule has 0 aromatic heterocycles. The fraction of sp³-hybridized carbons (Fsp3) is 0.750. The van der Waals surface area contributed by atoms with Crippen LogP contribution in [0.4, 0.5) is 0 Å². The fourth-order valence-electron chi connectivity index (χ4n) is 7.65. The molecular weight excluding hydrogens is 767 g/mol. The summed E-state index contributed by atoms with van der Waals surface area (Å²) in [7, 11) is 0. The number of allylic oxidation sites excluding steroid dienone is 12. The monoisotopic (exact) mass is 866 g/mol. The van der Waals surface area contributed by atoms with Gasteiger partial charge in [-0.2, -0.15) is 0 Å². The first-order valence-corrected chi connectivity index (χ1v) is 26.2. The number of aliphatic hydroxyl groups excluding tert-OH is 2. The first-order chi connectivity index (χ1) is 30.5. The van der Waals surface area contributed by atoms with Gasteiger partial charge in [-0.25, -0.2) is 0 Å². The van der Waals surface area contributed by atoms with Crippen LogP contribution in [0.3, 0.4) is 0 Å². The molecule has 0 heterocycles. The molecule has 0 aromatic rings. The van der Waals surface area contributed by atoms with E-state index < -0.39 is 18.2 Å². The zero-order valence-electron chi connectivity index (χ0n) is 40.7.